The first-order valence-electron chi connectivity index (χ1n) is 7.79. The molecule has 0 saturated heterocycles. The Balaban J connectivity index is 2.10. The zero-order valence-electron chi connectivity index (χ0n) is 13.7. The summed E-state index contributed by atoms with van der Waals surface area (Å²) in [5, 5.41) is 18.3. The van der Waals surface area contributed by atoms with Crippen molar-refractivity contribution in [2.45, 2.75) is 0 Å². The highest BCUT2D eigenvalue weighted by atomic mass is 16.5. The monoisotopic (exact) mass is 345 g/mol. The van der Waals surface area contributed by atoms with Gasteiger partial charge in [0.15, 0.2) is 6.61 Å². The van der Waals surface area contributed by atoms with Gasteiger partial charge < -0.3 is 15.6 Å². The number of benzene rings is 2. The predicted octanol–water partition coefficient (Wildman–Crippen LogP) is 3.33. The summed E-state index contributed by atoms with van der Waals surface area (Å²) >= 11 is 0. The highest BCUT2D eigenvalue weighted by molar-refractivity contribution is 5.89. The molecule has 3 rings (SSSR count). The number of carbonyl (C=O) groups is 1. The van der Waals surface area contributed by atoms with Crippen LogP contribution in [-0.4, -0.2) is 22.7 Å². The van der Waals surface area contributed by atoms with Crippen molar-refractivity contribution in [1.82, 2.24) is 4.98 Å². The van der Waals surface area contributed by atoms with E-state index in [1.54, 1.807) is 30.5 Å². The van der Waals surface area contributed by atoms with E-state index in [0.29, 0.717) is 16.9 Å². The first kappa shape index (κ1) is 17.0. The highest BCUT2D eigenvalue weighted by Crippen LogP contribution is 2.36. The van der Waals surface area contributed by atoms with Gasteiger partial charge in [-0.2, -0.15) is 5.26 Å². The van der Waals surface area contributed by atoms with Crippen LogP contribution in [0.3, 0.4) is 0 Å². The minimum atomic E-state index is -1.05. The molecule has 2 aromatic carbocycles. The maximum atomic E-state index is 10.6. The Bertz CT molecular complexity index is 978. The van der Waals surface area contributed by atoms with Gasteiger partial charge in [-0.1, -0.05) is 42.5 Å². The summed E-state index contributed by atoms with van der Waals surface area (Å²) < 4.78 is 5.15. The maximum Gasteiger partial charge on any atom is 0.341 e. The standard InChI is InChI=1S/C20H15N3O3/c21-10-16-19(14-6-8-15(9-7-14)26-12-18(24)25)17(11-23-20(16)22)13-4-2-1-3-5-13/h1-9,11H,12H2,(H2,22,23)(H,24,25). The molecular weight excluding hydrogens is 330 g/mol. The van der Waals surface area contributed by atoms with E-state index in [4.69, 9.17) is 15.6 Å². The zero-order valence-corrected chi connectivity index (χ0v) is 13.7. The summed E-state index contributed by atoms with van der Waals surface area (Å²) in [7, 11) is 0. The molecule has 0 spiro atoms. The number of pyridine rings is 1. The zero-order chi connectivity index (χ0) is 18.5. The molecule has 0 saturated carbocycles. The normalized spacial score (nSPS) is 10.1. The second-order valence-corrected chi connectivity index (χ2v) is 5.49. The molecule has 6 heteroatoms. The molecule has 1 aromatic heterocycles. The number of nitriles is 1. The Labute approximate surface area is 150 Å². The molecule has 0 amide bonds. The predicted molar refractivity (Wildman–Crippen MR) is 97.4 cm³/mol. The highest BCUT2D eigenvalue weighted by Gasteiger charge is 2.16. The number of aliphatic carboxylic acids is 1. The number of hydrogen-bond acceptors (Lipinski definition) is 5. The molecule has 0 aliphatic heterocycles. The molecule has 1 heterocycles. The molecular formula is C20H15N3O3. The van der Waals surface area contributed by atoms with Crippen LogP contribution >= 0.6 is 0 Å². The van der Waals surface area contributed by atoms with Crippen LogP contribution in [-0.2, 0) is 4.79 Å². The molecule has 0 aliphatic rings. The van der Waals surface area contributed by atoms with Crippen LogP contribution < -0.4 is 10.5 Å². The molecule has 3 aromatic rings. The first-order chi connectivity index (χ1) is 12.6. The minimum Gasteiger partial charge on any atom is -0.482 e. The largest absolute Gasteiger partial charge is 0.482 e. The lowest BCUT2D eigenvalue weighted by Crippen LogP contribution is -2.09. The fraction of sp³-hybridized carbons (Fsp3) is 0.0500. The van der Waals surface area contributed by atoms with Gasteiger partial charge in [0.2, 0.25) is 0 Å². The van der Waals surface area contributed by atoms with Gasteiger partial charge in [-0.25, -0.2) is 9.78 Å². The lowest BCUT2D eigenvalue weighted by atomic mass is 9.92. The van der Waals surface area contributed by atoms with Crippen molar-refractivity contribution in [2.24, 2.45) is 0 Å². The van der Waals surface area contributed by atoms with Crippen LogP contribution in [0.2, 0.25) is 0 Å². The molecule has 0 bridgehead atoms. The molecule has 0 fully saturated rings. The smallest absolute Gasteiger partial charge is 0.341 e. The van der Waals surface area contributed by atoms with Gasteiger partial charge in [0.05, 0.1) is 0 Å². The molecule has 3 N–H and O–H groups in total. The molecule has 6 nitrogen and oxygen atoms in total. The van der Waals surface area contributed by atoms with E-state index >= 15 is 0 Å². The van der Waals surface area contributed by atoms with Gasteiger partial charge in [0.1, 0.15) is 23.2 Å². The fourth-order valence-corrected chi connectivity index (χ4v) is 2.64. The third kappa shape index (κ3) is 3.47. The number of nitrogens with two attached hydrogens (primary N) is 1. The van der Waals surface area contributed by atoms with Crippen molar-refractivity contribution in [3.8, 4) is 34.1 Å². The van der Waals surface area contributed by atoms with Crippen molar-refractivity contribution < 1.29 is 14.6 Å². The fourth-order valence-electron chi connectivity index (χ4n) is 2.64. The SMILES string of the molecule is N#Cc1c(N)ncc(-c2ccccc2)c1-c1ccc(OCC(=O)O)cc1. The number of aromatic nitrogens is 1. The number of nitrogen functional groups attached to an aromatic ring is 1. The van der Waals surface area contributed by atoms with Crippen LogP contribution in [0.5, 0.6) is 5.75 Å². The van der Waals surface area contributed by atoms with Crippen LogP contribution in [0.1, 0.15) is 5.56 Å². The van der Waals surface area contributed by atoms with Crippen molar-refractivity contribution in [3.63, 3.8) is 0 Å². The van der Waals surface area contributed by atoms with Crippen molar-refractivity contribution in [3.05, 3.63) is 66.4 Å². The van der Waals surface area contributed by atoms with Gasteiger partial charge in [-0.3, -0.25) is 0 Å². The Kier molecular flexibility index (Phi) is 4.81. The summed E-state index contributed by atoms with van der Waals surface area (Å²) in [4.78, 5) is 14.7. The van der Waals surface area contributed by atoms with E-state index in [9.17, 15) is 10.1 Å². The van der Waals surface area contributed by atoms with E-state index < -0.39 is 12.6 Å². The number of rotatable bonds is 5. The second kappa shape index (κ2) is 7.36. The molecule has 0 radical (unpaired) electrons. The molecule has 0 atom stereocenters. The topological polar surface area (TPSA) is 109 Å². The number of carboxylic acids is 1. The van der Waals surface area contributed by atoms with Gasteiger partial charge in [-0.05, 0) is 23.3 Å². The number of nitrogens with zero attached hydrogens (tertiary/aromatic N) is 2. The summed E-state index contributed by atoms with van der Waals surface area (Å²) in [6.07, 6.45) is 1.65. The van der Waals surface area contributed by atoms with Crippen LogP contribution in [0.15, 0.2) is 60.8 Å². The number of carboxylic acid groups (broad SMARTS) is 1. The second-order valence-electron chi connectivity index (χ2n) is 5.49. The van der Waals surface area contributed by atoms with Gasteiger partial charge in [0.25, 0.3) is 0 Å². The molecule has 26 heavy (non-hydrogen) atoms. The van der Waals surface area contributed by atoms with Crippen LogP contribution in [0, 0.1) is 11.3 Å². The van der Waals surface area contributed by atoms with Crippen LogP contribution in [0.25, 0.3) is 22.3 Å². The van der Waals surface area contributed by atoms with E-state index in [1.807, 2.05) is 30.3 Å². The first-order valence-corrected chi connectivity index (χ1v) is 7.79. The van der Waals surface area contributed by atoms with Crippen molar-refractivity contribution in [2.75, 3.05) is 12.3 Å². The van der Waals surface area contributed by atoms with Gasteiger partial charge in [-0.15, -0.1) is 0 Å². The number of ether oxygens (including phenoxy) is 1. The van der Waals surface area contributed by atoms with E-state index in [1.165, 1.54) is 0 Å². The van der Waals surface area contributed by atoms with Crippen molar-refractivity contribution in [1.29, 1.82) is 5.26 Å². The summed E-state index contributed by atoms with van der Waals surface area (Å²) in [5.41, 5.74) is 9.34. The molecule has 0 unspecified atom stereocenters. The Morgan fingerprint density at radius 2 is 1.81 bits per heavy atom. The average molecular weight is 345 g/mol. The Morgan fingerprint density at radius 3 is 2.42 bits per heavy atom. The lowest BCUT2D eigenvalue weighted by Gasteiger charge is -2.14. The minimum absolute atomic E-state index is 0.161. The van der Waals surface area contributed by atoms with Gasteiger partial charge in [0, 0.05) is 17.3 Å². The van der Waals surface area contributed by atoms with E-state index in [0.717, 1.165) is 16.7 Å². The molecule has 128 valence electrons. The third-order valence-electron chi connectivity index (χ3n) is 3.81. The van der Waals surface area contributed by atoms with Crippen LogP contribution in [0.4, 0.5) is 5.82 Å². The Morgan fingerprint density at radius 1 is 1.12 bits per heavy atom. The van der Waals surface area contributed by atoms with Gasteiger partial charge >= 0.3 is 5.97 Å². The van der Waals surface area contributed by atoms with E-state index in [2.05, 4.69) is 11.1 Å². The quantitative estimate of drug-likeness (QED) is 0.734. The van der Waals surface area contributed by atoms with Crippen molar-refractivity contribution >= 4 is 11.8 Å². The average Bonchev–Trinajstić information content (AvgIpc) is 2.67. The lowest BCUT2D eigenvalue weighted by molar-refractivity contribution is -0.139. The summed E-state index contributed by atoms with van der Waals surface area (Å²) in [6.45, 7) is -0.416. The summed E-state index contributed by atoms with van der Waals surface area (Å²) in [5.74, 6) is -0.458. The third-order valence-corrected chi connectivity index (χ3v) is 3.81. The molecule has 0 aliphatic carbocycles. The number of anilines is 1. The number of hydrogen-bond donors (Lipinski definition) is 2. The maximum absolute atomic E-state index is 10.6. The summed E-state index contributed by atoms with van der Waals surface area (Å²) in [6, 6.07) is 18.6. The van der Waals surface area contributed by atoms with E-state index in [-0.39, 0.29) is 5.82 Å². The Hall–Kier alpha value is -3.85.